The van der Waals surface area contributed by atoms with Gasteiger partial charge >= 0.3 is 0 Å². The summed E-state index contributed by atoms with van der Waals surface area (Å²) >= 11 is 0. The number of hydrogen-bond acceptors (Lipinski definition) is 3. The van der Waals surface area contributed by atoms with Crippen molar-refractivity contribution in [2.45, 2.75) is 51.6 Å². The lowest BCUT2D eigenvalue weighted by atomic mass is 10.0. The zero-order valence-electron chi connectivity index (χ0n) is 11.0. The Morgan fingerprint density at radius 2 is 2.24 bits per heavy atom. The molecule has 3 heteroatoms. The number of nitrogens with zero attached hydrogens (tertiary/aromatic N) is 1. The first kappa shape index (κ1) is 13.0. The van der Waals surface area contributed by atoms with Crippen LogP contribution in [-0.4, -0.2) is 43.0 Å². The van der Waals surface area contributed by atoms with Crippen molar-refractivity contribution in [1.29, 1.82) is 0 Å². The number of rotatable bonds is 5. The molecule has 2 atom stereocenters. The first-order valence-electron chi connectivity index (χ1n) is 7.16. The molecule has 1 heterocycles. The number of Topliss-reactive ketones (excluding diaryl/α,β-unsaturated/α-hetero) is 1. The average Bonchev–Trinajstić information content (AvgIpc) is 2.73. The molecule has 2 unspecified atom stereocenters. The molecule has 1 saturated heterocycles. The maximum absolute atomic E-state index is 11.6. The first-order valence-corrected chi connectivity index (χ1v) is 7.16. The molecule has 0 spiro atoms. The summed E-state index contributed by atoms with van der Waals surface area (Å²) in [5, 5.41) is 0. The van der Waals surface area contributed by atoms with Crippen LogP contribution in [0.3, 0.4) is 0 Å². The maximum atomic E-state index is 11.6. The van der Waals surface area contributed by atoms with Crippen LogP contribution in [0.1, 0.15) is 45.4 Å². The molecule has 2 rings (SSSR count). The zero-order valence-corrected chi connectivity index (χ0v) is 11.0. The molecule has 1 aliphatic carbocycles. The Bertz CT molecular complexity index is 253. The molecule has 2 fully saturated rings. The predicted octanol–water partition coefficient (Wildman–Crippen LogP) is 2.25. The lowest BCUT2D eigenvalue weighted by Crippen LogP contribution is -2.40. The third kappa shape index (κ3) is 3.78. The normalized spacial score (nSPS) is 31.0. The highest BCUT2D eigenvalue weighted by atomic mass is 16.5. The van der Waals surface area contributed by atoms with Crippen molar-refractivity contribution in [3.05, 3.63) is 0 Å². The third-order valence-electron chi connectivity index (χ3n) is 4.09. The van der Waals surface area contributed by atoms with Crippen molar-refractivity contribution in [1.82, 2.24) is 4.90 Å². The minimum Gasteiger partial charge on any atom is -0.377 e. The Balaban J connectivity index is 1.69. The fourth-order valence-corrected chi connectivity index (χ4v) is 3.12. The number of ether oxygens (including phenoxy) is 1. The third-order valence-corrected chi connectivity index (χ3v) is 4.09. The van der Waals surface area contributed by atoms with E-state index in [9.17, 15) is 4.79 Å². The van der Waals surface area contributed by atoms with Gasteiger partial charge in [-0.1, -0.05) is 0 Å². The van der Waals surface area contributed by atoms with E-state index in [0.717, 1.165) is 45.4 Å². The second kappa shape index (κ2) is 6.50. The van der Waals surface area contributed by atoms with Gasteiger partial charge in [0.1, 0.15) is 5.78 Å². The van der Waals surface area contributed by atoms with Crippen LogP contribution in [0.5, 0.6) is 0 Å². The summed E-state index contributed by atoms with van der Waals surface area (Å²) in [6.07, 6.45) is 7.00. The van der Waals surface area contributed by atoms with Crippen molar-refractivity contribution in [2.75, 3.05) is 26.2 Å². The largest absolute Gasteiger partial charge is 0.377 e. The smallest absolute Gasteiger partial charge is 0.136 e. The molecule has 0 aromatic carbocycles. The number of carbonyl (C=O) groups excluding carboxylic acids is 1. The van der Waals surface area contributed by atoms with Crippen LogP contribution in [0.15, 0.2) is 0 Å². The fourth-order valence-electron chi connectivity index (χ4n) is 3.12. The SMILES string of the molecule is CCOC1CCCN(CCC2CCCC2=O)C1. The quantitative estimate of drug-likeness (QED) is 0.737. The van der Waals surface area contributed by atoms with E-state index in [-0.39, 0.29) is 0 Å². The van der Waals surface area contributed by atoms with Gasteiger partial charge < -0.3 is 9.64 Å². The molecule has 0 bridgehead atoms. The van der Waals surface area contributed by atoms with E-state index in [1.54, 1.807) is 0 Å². The number of hydrogen-bond donors (Lipinski definition) is 0. The zero-order chi connectivity index (χ0) is 12.1. The minimum absolute atomic E-state index is 0.363. The summed E-state index contributed by atoms with van der Waals surface area (Å²) in [4.78, 5) is 14.1. The molecule has 0 N–H and O–H groups in total. The van der Waals surface area contributed by atoms with Gasteiger partial charge in [-0.25, -0.2) is 0 Å². The van der Waals surface area contributed by atoms with Crippen LogP contribution in [0.2, 0.25) is 0 Å². The molecule has 1 aliphatic heterocycles. The monoisotopic (exact) mass is 239 g/mol. The number of piperidine rings is 1. The highest BCUT2D eigenvalue weighted by molar-refractivity contribution is 5.82. The highest BCUT2D eigenvalue weighted by Crippen LogP contribution is 2.25. The Kier molecular flexibility index (Phi) is 4.99. The molecule has 0 aromatic heterocycles. The number of carbonyl (C=O) groups is 1. The molecule has 0 amide bonds. The van der Waals surface area contributed by atoms with E-state index in [4.69, 9.17) is 4.74 Å². The lowest BCUT2D eigenvalue weighted by molar-refractivity contribution is -0.120. The van der Waals surface area contributed by atoms with E-state index in [2.05, 4.69) is 11.8 Å². The van der Waals surface area contributed by atoms with Crippen LogP contribution in [0.4, 0.5) is 0 Å². The number of likely N-dealkylation sites (tertiary alicyclic amines) is 1. The first-order chi connectivity index (χ1) is 8.29. The van der Waals surface area contributed by atoms with E-state index in [0.29, 0.717) is 17.8 Å². The van der Waals surface area contributed by atoms with E-state index >= 15 is 0 Å². The minimum atomic E-state index is 0.363. The van der Waals surface area contributed by atoms with Crippen molar-refractivity contribution in [3.8, 4) is 0 Å². The molecule has 1 saturated carbocycles. The topological polar surface area (TPSA) is 29.5 Å². The van der Waals surface area contributed by atoms with Crippen LogP contribution in [0.25, 0.3) is 0 Å². The number of ketones is 1. The van der Waals surface area contributed by atoms with Gasteiger partial charge in [0.15, 0.2) is 0 Å². The molecule has 0 radical (unpaired) electrons. The van der Waals surface area contributed by atoms with Crippen LogP contribution >= 0.6 is 0 Å². The van der Waals surface area contributed by atoms with Crippen molar-refractivity contribution < 1.29 is 9.53 Å². The molecule has 3 nitrogen and oxygen atoms in total. The summed E-state index contributed by atoms with van der Waals surface area (Å²) in [5.74, 6) is 0.867. The van der Waals surface area contributed by atoms with Gasteiger partial charge in [-0.05, 0) is 52.1 Å². The van der Waals surface area contributed by atoms with Gasteiger partial charge in [0, 0.05) is 25.5 Å². The van der Waals surface area contributed by atoms with Gasteiger partial charge in [-0.15, -0.1) is 0 Å². The summed E-state index contributed by atoms with van der Waals surface area (Å²) in [6.45, 7) is 6.22. The average molecular weight is 239 g/mol. The Morgan fingerprint density at radius 3 is 2.94 bits per heavy atom. The highest BCUT2D eigenvalue weighted by Gasteiger charge is 2.26. The fraction of sp³-hybridized carbons (Fsp3) is 0.929. The van der Waals surface area contributed by atoms with E-state index in [1.807, 2.05) is 0 Å². The molecule has 98 valence electrons. The summed E-state index contributed by atoms with van der Waals surface area (Å²) in [5.41, 5.74) is 0. The predicted molar refractivity (Wildman–Crippen MR) is 68.1 cm³/mol. The lowest BCUT2D eigenvalue weighted by Gasteiger charge is -2.32. The van der Waals surface area contributed by atoms with E-state index < -0.39 is 0 Å². The van der Waals surface area contributed by atoms with Gasteiger partial charge in [-0.3, -0.25) is 4.79 Å². The molecule has 17 heavy (non-hydrogen) atoms. The van der Waals surface area contributed by atoms with Crippen LogP contribution < -0.4 is 0 Å². The van der Waals surface area contributed by atoms with Gasteiger partial charge in [0.05, 0.1) is 6.10 Å². The van der Waals surface area contributed by atoms with Crippen molar-refractivity contribution in [3.63, 3.8) is 0 Å². The van der Waals surface area contributed by atoms with Gasteiger partial charge in [0.25, 0.3) is 0 Å². The standard InChI is InChI=1S/C14H25NO2/c1-2-17-13-6-4-9-15(11-13)10-8-12-5-3-7-14(12)16/h12-13H,2-11H2,1H3. The molecular formula is C14H25NO2. The Hall–Kier alpha value is -0.410. The molecule has 0 aromatic rings. The van der Waals surface area contributed by atoms with Crippen LogP contribution in [0, 0.1) is 5.92 Å². The maximum Gasteiger partial charge on any atom is 0.136 e. The Morgan fingerprint density at radius 1 is 1.35 bits per heavy atom. The van der Waals surface area contributed by atoms with Crippen LogP contribution in [-0.2, 0) is 9.53 Å². The second-order valence-electron chi connectivity index (χ2n) is 5.36. The summed E-state index contributed by atoms with van der Waals surface area (Å²) < 4.78 is 5.70. The molecule has 2 aliphatic rings. The Labute approximate surface area is 105 Å². The van der Waals surface area contributed by atoms with E-state index in [1.165, 1.54) is 19.4 Å². The van der Waals surface area contributed by atoms with Crippen molar-refractivity contribution >= 4 is 5.78 Å². The van der Waals surface area contributed by atoms with Gasteiger partial charge in [0.2, 0.25) is 0 Å². The molecular weight excluding hydrogens is 214 g/mol. The van der Waals surface area contributed by atoms with Crippen molar-refractivity contribution in [2.24, 2.45) is 5.92 Å². The summed E-state index contributed by atoms with van der Waals surface area (Å²) in [7, 11) is 0. The summed E-state index contributed by atoms with van der Waals surface area (Å²) in [6, 6.07) is 0. The van der Waals surface area contributed by atoms with Gasteiger partial charge in [-0.2, -0.15) is 0 Å². The second-order valence-corrected chi connectivity index (χ2v) is 5.36.